The van der Waals surface area contributed by atoms with Gasteiger partial charge in [-0.15, -0.1) is 10.2 Å². The monoisotopic (exact) mass is 336 g/mol. The number of Topliss-reactive ketones (excluding diaryl/α,β-unsaturated/α-hetero) is 1. The molecule has 0 aliphatic rings. The van der Waals surface area contributed by atoms with Gasteiger partial charge in [0.2, 0.25) is 0 Å². The van der Waals surface area contributed by atoms with Gasteiger partial charge in [0, 0.05) is 18.8 Å². The highest BCUT2D eigenvalue weighted by molar-refractivity contribution is 5.98. The Balaban J connectivity index is 1.78. The van der Waals surface area contributed by atoms with Crippen LogP contribution in [0.1, 0.15) is 33.3 Å². The molecule has 0 saturated carbocycles. The lowest BCUT2D eigenvalue weighted by molar-refractivity contribution is 0.0525. The predicted molar refractivity (Wildman–Crippen MR) is 89.6 cm³/mol. The molecule has 0 spiro atoms. The number of ketones is 1. The highest BCUT2D eigenvalue weighted by Crippen LogP contribution is 2.14. The third-order valence-corrected chi connectivity index (χ3v) is 3.57. The molecule has 0 fully saturated rings. The molecule has 1 aromatic carbocycles. The first-order valence-corrected chi connectivity index (χ1v) is 7.79. The Kier molecular flexibility index (Phi) is 4.94. The van der Waals surface area contributed by atoms with E-state index in [4.69, 9.17) is 4.74 Å². The first kappa shape index (κ1) is 16.5. The van der Waals surface area contributed by atoms with Crippen molar-refractivity contribution in [2.75, 3.05) is 6.61 Å². The summed E-state index contributed by atoms with van der Waals surface area (Å²) in [5.41, 5.74) is 1.23. The molecular weight excluding hydrogens is 320 g/mol. The van der Waals surface area contributed by atoms with Crippen molar-refractivity contribution in [1.82, 2.24) is 19.7 Å². The van der Waals surface area contributed by atoms with Gasteiger partial charge < -0.3 is 4.74 Å². The third kappa shape index (κ3) is 3.77. The minimum Gasteiger partial charge on any atom is -0.462 e. The van der Waals surface area contributed by atoms with Crippen molar-refractivity contribution in [3.05, 3.63) is 71.9 Å². The summed E-state index contributed by atoms with van der Waals surface area (Å²) in [5, 5.41) is 8.01. The van der Waals surface area contributed by atoms with Gasteiger partial charge in [-0.25, -0.2) is 9.78 Å². The zero-order valence-corrected chi connectivity index (χ0v) is 13.6. The second kappa shape index (κ2) is 7.48. The molecule has 7 nitrogen and oxygen atoms in total. The average molecular weight is 336 g/mol. The number of carbonyl (C=O) groups excluding carboxylic acids is 2. The molecule has 3 aromatic rings. The van der Waals surface area contributed by atoms with E-state index in [0.29, 0.717) is 16.9 Å². The van der Waals surface area contributed by atoms with E-state index in [9.17, 15) is 9.59 Å². The van der Waals surface area contributed by atoms with Crippen LogP contribution in [-0.4, -0.2) is 38.1 Å². The fourth-order valence-corrected chi connectivity index (χ4v) is 2.35. The number of esters is 1. The van der Waals surface area contributed by atoms with Crippen LogP contribution in [0.3, 0.4) is 0 Å². The van der Waals surface area contributed by atoms with E-state index in [1.807, 2.05) is 0 Å². The van der Waals surface area contributed by atoms with Gasteiger partial charge >= 0.3 is 5.97 Å². The van der Waals surface area contributed by atoms with Crippen LogP contribution in [0.4, 0.5) is 0 Å². The molecule has 0 unspecified atom stereocenters. The quantitative estimate of drug-likeness (QED) is 0.507. The molecule has 0 aliphatic heterocycles. The summed E-state index contributed by atoms with van der Waals surface area (Å²) < 4.78 is 6.72. The number of imidazole rings is 1. The maximum Gasteiger partial charge on any atom is 0.338 e. The lowest BCUT2D eigenvalue weighted by Gasteiger charge is -2.08. The number of aromatic nitrogens is 4. The number of benzene rings is 1. The largest absolute Gasteiger partial charge is 0.462 e. The molecular formula is C18H16N4O3. The van der Waals surface area contributed by atoms with Gasteiger partial charge in [0.25, 0.3) is 0 Å². The number of carbonyl (C=O) groups is 2. The van der Waals surface area contributed by atoms with Crippen LogP contribution < -0.4 is 0 Å². The molecule has 2 heterocycles. The van der Waals surface area contributed by atoms with Crippen molar-refractivity contribution in [2.45, 2.75) is 13.3 Å². The molecule has 126 valence electrons. The maximum absolute atomic E-state index is 12.5. The number of rotatable bonds is 6. The summed E-state index contributed by atoms with van der Waals surface area (Å²) >= 11 is 0. The highest BCUT2D eigenvalue weighted by atomic mass is 16.5. The van der Waals surface area contributed by atoms with Crippen molar-refractivity contribution >= 4 is 11.8 Å². The lowest BCUT2D eigenvalue weighted by Crippen LogP contribution is -2.13. The lowest BCUT2D eigenvalue weighted by atomic mass is 10.0. The number of hydrogen-bond acceptors (Lipinski definition) is 6. The van der Waals surface area contributed by atoms with Crippen molar-refractivity contribution < 1.29 is 14.3 Å². The second-order valence-corrected chi connectivity index (χ2v) is 5.22. The summed E-state index contributed by atoms with van der Waals surface area (Å²) in [4.78, 5) is 28.4. The van der Waals surface area contributed by atoms with E-state index in [1.54, 1.807) is 66.6 Å². The van der Waals surface area contributed by atoms with E-state index < -0.39 is 5.97 Å². The number of ether oxygens (including phenoxy) is 1. The Hall–Kier alpha value is -3.35. The second-order valence-electron chi connectivity index (χ2n) is 5.22. The predicted octanol–water partition coefficient (Wildman–Crippen LogP) is 2.26. The Morgan fingerprint density at radius 3 is 2.64 bits per heavy atom. The van der Waals surface area contributed by atoms with Crippen LogP contribution in [-0.2, 0) is 11.2 Å². The molecule has 25 heavy (non-hydrogen) atoms. The highest BCUT2D eigenvalue weighted by Gasteiger charge is 2.16. The minimum absolute atomic E-state index is 0.0497. The van der Waals surface area contributed by atoms with Gasteiger partial charge in [-0.2, -0.15) is 0 Å². The molecule has 0 saturated heterocycles. The first-order valence-electron chi connectivity index (χ1n) is 7.79. The SMILES string of the molecule is CCOC(=O)c1ccccc1CC(=O)c1ccc(-n2ccnc2)nn1. The van der Waals surface area contributed by atoms with E-state index >= 15 is 0 Å². The average Bonchev–Trinajstić information content (AvgIpc) is 3.17. The van der Waals surface area contributed by atoms with E-state index in [1.165, 1.54) is 0 Å². The van der Waals surface area contributed by atoms with Gasteiger partial charge in [0.15, 0.2) is 11.6 Å². The van der Waals surface area contributed by atoms with Crippen molar-refractivity contribution in [1.29, 1.82) is 0 Å². The molecule has 2 aromatic heterocycles. The Morgan fingerprint density at radius 2 is 1.96 bits per heavy atom. The summed E-state index contributed by atoms with van der Waals surface area (Å²) in [6.45, 7) is 2.02. The molecule has 0 radical (unpaired) electrons. The fourth-order valence-electron chi connectivity index (χ4n) is 2.35. The number of nitrogens with zero attached hydrogens (tertiary/aromatic N) is 4. The molecule has 3 rings (SSSR count). The normalized spacial score (nSPS) is 10.4. The van der Waals surface area contributed by atoms with Crippen molar-refractivity contribution in [3.8, 4) is 5.82 Å². The van der Waals surface area contributed by atoms with E-state index in [0.717, 1.165) is 0 Å². The number of hydrogen-bond donors (Lipinski definition) is 0. The zero-order chi connectivity index (χ0) is 17.6. The third-order valence-electron chi connectivity index (χ3n) is 3.57. The fraction of sp³-hybridized carbons (Fsp3) is 0.167. The molecule has 0 aliphatic carbocycles. The van der Waals surface area contributed by atoms with Gasteiger partial charge in [-0.1, -0.05) is 18.2 Å². The summed E-state index contributed by atoms with van der Waals surface area (Å²) in [6.07, 6.45) is 5.02. The molecule has 7 heteroatoms. The van der Waals surface area contributed by atoms with E-state index in [-0.39, 0.29) is 24.5 Å². The van der Waals surface area contributed by atoms with Crippen LogP contribution in [0.15, 0.2) is 55.1 Å². The molecule has 0 amide bonds. The Bertz CT molecular complexity index is 874. The molecule has 0 N–H and O–H groups in total. The molecule has 0 atom stereocenters. The van der Waals surface area contributed by atoms with Crippen LogP contribution in [0.25, 0.3) is 5.82 Å². The van der Waals surface area contributed by atoms with Crippen LogP contribution in [0.5, 0.6) is 0 Å². The first-order chi connectivity index (χ1) is 12.2. The van der Waals surface area contributed by atoms with Crippen LogP contribution >= 0.6 is 0 Å². The summed E-state index contributed by atoms with van der Waals surface area (Å²) in [7, 11) is 0. The Morgan fingerprint density at radius 1 is 1.12 bits per heavy atom. The van der Waals surface area contributed by atoms with E-state index in [2.05, 4.69) is 15.2 Å². The standard InChI is InChI=1S/C18H16N4O3/c1-2-25-18(24)14-6-4-3-5-13(14)11-16(23)15-7-8-17(21-20-15)22-10-9-19-12-22/h3-10,12H,2,11H2,1H3. The smallest absolute Gasteiger partial charge is 0.338 e. The van der Waals surface area contributed by atoms with Crippen LogP contribution in [0.2, 0.25) is 0 Å². The van der Waals surface area contributed by atoms with Crippen LogP contribution in [0, 0.1) is 0 Å². The molecule has 0 bridgehead atoms. The maximum atomic E-state index is 12.5. The van der Waals surface area contributed by atoms with Gasteiger partial charge in [-0.05, 0) is 30.7 Å². The van der Waals surface area contributed by atoms with Crippen molar-refractivity contribution in [2.24, 2.45) is 0 Å². The Labute approximate surface area is 144 Å². The van der Waals surface area contributed by atoms with Crippen molar-refractivity contribution in [3.63, 3.8) is 0 Å². The van der Waals surface area contributed by atoms with Gasteiger partial charge in [-0.3, -0.25) is 9.36 Å². The summed E-state index contributed by atoms with van der Waals surface area (Å²) in [6, 6.07) is 10.2. The van der Waals surface area contributed by atoms with Gasteiger partial charge in [0.1, 0.15) is 12.0 Å². The van der Waals surface area contributed by atoms with Gasteiger partial charge in [0.05, 0.1) is 12.2 Å². The minimum atomic E-state index is -0.438. The summed E-state index contributed by atoms with van der Waals surface area (Å²) in [5.74, 6) is -0.0881. The zero-order valence-electron chi connectivity index (χ0n) is 13.6. The topological polar surface area (TPSA) is 87.0 Å².